The van der Waals surface area contributed by atoms with Crippen molar-refractivity contribution in [2.75, 3.05) is 0 Å². The van der Waals surface area contributed by atoms with Crippen molar-refractivity contribution in [3.8, 4) is 16.8 Å². The Morgan fingerprint density at radius 1 is 0.513 bits per heavy atom. The summed E-state index contributed by atoms with van der Waals surface area (Å²) in [5.74, 6) is 0. The van der Waals surface area contributed by atoms with E-state index in [0.717, 1.165) is 4.83 Å². The fourth-order valence-electron chi connectivity index (χ4n) is 6.20. The predicted molar refractivity (Wildman–Crippen MR) is 170 cm³/mol. The van der Waals surface area contributed by atoms with E-state index < -0.39 is 0 Å². The molecule has 0 N–H and O–H groups in total. The minimum Gasteiger partial charge on any atom is -0.308 e. The van der Waals surface area contributed by atoms with Gasteiger partial charge in [-0.3, -0.25) is 0 Å². The largest absolute Gasteiger partial charge is 0.308 e. The van der Waals surface area contributed by atoms with Gasteiger partial charge in [0.25, 0.3) is 0 Å². The topological polar surface area (TPSA) is 17.8 Å². The molecule has 0 spiro atoms. The van der Waals surface area contributed by atoms with E-state index in [0.29, 0.717) is 0 Å². The van der Waals surface area contributed by atoms with Gasteiger partial charge in [-0.25, -0.2) is 4.98 Å². The summed E-state index contributed by atoms with van der Waals surface area (Å²) < 4.78 is 6.46. The highest BCUT2D eigenvalue weighted by atomic mass is 32.1. The molecule has 4 aromatic heterocycles. The maximum atomic E-state index is 4.80. The van der Waals surface area contributed by atoms with Gasteiger partial charge in [-0.05, 0) is 47.5 Å². The zero-order chi connectivity index (χ0) is 25.5. The molecule has 9 rings (SSSR count). The number of hydrogen-bond donors (Lipinski definition) is 0. The summed E-state index contributed by atoms with van der Waals surface area (Å²) in [5.41, 5.74) is 6.16. The Hall–Kier alpha value is -4.51. The van der Waals surface area contributed by atoms with Gasteiger partial charge in [-0.2, -0.15) is 0 Å². The van der Waals surface area contributed by atoms with Crippen LogP contribution in [0.3, 0.4) is 0 Å². The van der Waals surface area contributed by atoms with E-state index >= 15 is 0 Å². The van der Waals surface area contributed by atoms with Crippen molar-refractivity contribution in [3.05, 3.63) is 121 Å². The van der Waals surface area contributed by atoms with Crippen LogP contribution in [-0.2, 0) is 0 Å². The number of aromatic nitrogens is 2. The van der Waals surface area contributed by atoms with Gasteiger partial charge in [-0.1, -0.05) is 78.9 Å². The first kappa shape index (κ1) is 21.4. The molecule has 0 aliphatic heterocycles. The summed E-state index contributed by atoms with van der Waals surface area (Å²) in [4.78, 5) is 5.89. The van der Waals surface area contributed by atoms with Crippen LogP contribution < -0.4 is 0 Å². The standard InChI is InChI=1S/C35H20N2S2/c1-2-9-21(10-3-1)22-16-18-23(19-17-22)37-27-14-6-4-11-24(27)31-32(37)34-29(25-12-5-7-15-28(25)38-34)30-26-13-8-20-36-35(26)39-33(30)31/h1-20H. The van der Waals surface area contributed by atoms with E-state index in [2.05, 4.69) is 120 Å². The van der Waals surface area contributed by atoms with Crippen LogP contribution in [0.5, 0.6) is 0 Å². The molecular formula is C35H20N2S2. The lowest BCUT2D eigenvalue weighted by atomic mass is 10.0. The lowest BCUT2D eigenvalue weighted by Crippen LogP contribution is -1.94. The van der Waals surface area contributed by atoms with Crippen LogP contribution >= 0.6 is 22.7 Å². The van der Waals surface area contributed by atoms with E-state index in [9.17, 15) is 0 Å². The van der Waals surface area contributed by atoms with Crippen molar-refractivity contribution < 1.29 is 0 Å². The predicted octanol–water partition coefficient (Wildman–Crippen LogP) is 10.6. The number of benzene rings is 5. The summed E-state index contributed by atoms with van der Waals surface area (Å²) in [5, 5.41) is 7.87. The van der Waals surface area contributed by atoms with Gasteiger partial charge in [0.2, 0.25) is 0 Å². The first-order chi connectivity index (χ1) is 19.4. The summed E-state index contributed by atoms with van der Waals surface area (Å²) in [6.07, 6.45) is 1.91. The van der Waals surface area contributed by atoms with Crippen LogP contribution in [0.25, 0.3) is 79.1 Å². The van der Waals surface area contributed by atoms with Gasteiger partial charge < -0.3 is 4.57 Å². The van der Waals surface area contributed by atoms with Gasteiger partial charge in [0.15, 0.2) is 0 Å². The number of fused-ring (bicyclic) bond motifs is 12. The number of pyridine rings is 1. The van der Waals surface area contributed by atoms with E-state index in [4.69, 9.17) is 4.98 Å². The fourth-order valence-corrected chi connectivity index (χ4v) is 8.66. The molecule has 0 amide bonds. The average Bonchev–Trinajstić information content (AvgIpc) is 3.67. The Balaban J connectivity index is 1.50. The smallest absolute Gasteiger partial charge is 0.124 e. The normalized spacial score (nSPS) is 12.1. The second-order valence-electron chi connectivity index (χ2n) is 9.95. The van der Waals surface area contributed by atoms with Crippen LogP contribution in [0.1, 0.15) is 0 Å². The second-order valence-corrected chi connectivity index (χ2v) is 12.0. The molecule has 182 valence electrons. The van der Waals surface area contributed by atoms with E-state index in [1.54, 1.807) is 0 Å². The minimum absolute atomic E-state index is 1.10. The molecular weight excluding hydrogens is 513 g/mol. The maximum absolute atomic E-state index is 4.80. The Morgan fingerprint density at radius 3 is 2.08 bits per heavy atom. The molecule has 0 saturated heterocycles. The third-order valence-corrected chi connectivity index (χ3v) is 10.2. The summed E-state index contributed by atoms with van der Waals surface area (Å²) in [6.45, 7) is 0. The molecule has 0 aliphatic carbocycles. The Morgan fingerprint density at radius 2 is 1.21 bits per heavy atom. The molecule has 0 radical (unpaired) electrons. The molecule has 0 bridgehead atoms. The van der Waals surface area contributed by atoms with E-state index in [1.165, 1.54) is 74.3 Å². The van der Waals surface area contributed by atoms with Crippen molar-refractivity contribution in [1.82, 2.24) is 9.55 Å². The SMILES string of the molecule is c1ccc(-c2ccc(-n3c4ccccc4c4c5sc6ncccc6c5c5c6ccccc6sc5c43)cc2)cc1. The fraction of sp³-hybridized carbons (Fsp3) is 0. The van der Waals surface area contributed by atoms with Crippen molar-refractivity contribution in [2.45, 2.75) is 0 Å². The zero-order valence-corrected chi connectivity index (χ0v) is 22.4. The van der Waals surface area contributed by atoms with Crippen molar-refractivity contribution in [1.29, 1.82) is 0 Å². The molecule has 0 unspecified atom stereocenters. The Kier molecular flexibility index (Phi) is 4.39. The molecule has 0 fully saturated rings. The second kappa shape index (κ2) is 8.00. The molecule has 9 aromatic rings. The van der Waals surface area contributed by atoms with Gasteiger partial charge in [0.05, 0.1) is 15.7 Å². The first-order valence-corrected chi connectivity index (χ1v) is 14.7. The van der Waals surface area contributed by atoms with Crippen LogP contribution in [0.4, 0.5) is 0 Å². The molecule has 39 heavy (non-hydrogen) atoms. The molecule has 0 atom stereocenters. The zero-order valence-electron chi connectivity index (χ0n) is 20.8. The monoisotopic (exact) mass is 532 g/mol. The van der Waals surface area contributed by atoms with Crippen molar-refractivity contribution in [2.24, 2.45) is 0 Å². The van der Waals surface area contributed by atoms with Gasteiger partial charge in [-0.15, -0.1) is 22.7 Å². The minimum atomic E-state index is 1.10. The molecule has 0 saturated carbocycles. The quantitative estimate of drug-likeness (QED) is 0.216. The number of thiophene rings is 2. The number of nitrogens with zero attached hydrogens (tertiary/aromatic N) is 2. The highest BCUT2D eigenvalue weighted by Gasteiger charge is 2.24. The van der Waals surface area contributed by atoms with Gasteiger partial charge >= 0.3 is 0 Å². The number of rotatable bonds is 2. The van der Waals surface area contributed by atoms with Crippen molar-refractivity contribution >= 4 is 85.0 Å². The Bertz CT molecular complexity index is 2370. The first-order valence-electron chi connectivity index (χ1n) is 13.1. The van der Waals surface area contributed by atoms with Crippen LogP contribution in [-0.4, -0.2) is 9.55 Å². The molecule has 4 heteroatoms. The average molecular weight is 533 g/mol. The van der Waals surface area contributed by atoms with Crippen LogP contribution in [0.15, 0.2) is 121 Å². The highest BCUT2D eigenvalue weighted by molar-refractivity contribution is 7.29. The molecule has 4 heterocycles. The lowest BCUT2D eigenvalue weighted by molar-refractivity contribution is 1.19. The number of para-hydroxylation sites is 1. The highest BCUT2D eigenvalue weighted by Crippen LogP contribution is 2.51. The van der Waals surface area contributed by atoms with Crippen LogP contribution in [0, 0.1) is 0 Å². The maximum Gasteiger partial charge on any atom is 0.124 e. The van der Waals surface area contributed by atoms with Crippen LogP contribution in [0.2, 0.25) is 0 Å². The van der Waals surface area contributed by atoms with Gasteiger partial charge in [0.1, 0.15) is 4.83 Å². The van der Waals surface area contributed by atoms with Crippen molar-refractivity contribution in [3.63, 3.8) is 0 Å². The summed E-state index contributed by atoms with van der Waals surface area (Å²) in [6, 6.07) is 41.6. The lowest BCUT2D eigenvalue weighted by Gasteiger charge is -2.10. The van der Waals surface area contributed by atoms with E-state index in [-0.39, 0.29) is 0 Å². The molecule has 5 aromatic carbocycles. The molecule has 2 nitrogen and oxygen atoms in total. The third kappa shape index (κ3) is 2.93. The van der Waals surface area contributed by atoms with E-state index in [1.807, 2.05) is 28.9 Å². The molecule has 0 aliphatic rings. The van der Waals surface area contributed by atoms with Gasteiger partial charge in [0, 0.05) is 53.6 Å². The summed E-state index contributed by atoms with van der Waals surface area (Å²) in [7, 11) is 0. The third-order valence-electron chi connectivity index (χ3n) is 7.86. The Labute approximate surface area is 232 Å². The summed E-state index contributed by atoms with van der Waals surface area (Å²) >= 11 is 3.73. The number of hydrogen-bond acceptors (Lipinski definition) is 3.